The third-order valence-corrected chi connectivity index (χ3v) is 7.47. The second-order valence-electron chi connectivity index (χ2n) is 7.91. The van der Waals surface area contributed by atoms with Gasteiger partial charge in [-0.1, -0.05) is 30.3 Å². The highest BCUT2D eigenvalue weighted by molar-refractivity contribution is 7.89. The van der Waals surface area contributed by atoms with E-state index in [9.17, 15) is 13.2 Å². The number of hydrogen-bond acceptors (Lipinski definition) is 4. The molecule has 0 aliphatic carbocycles. The van der Waals surface area contributed by atoms with E-state index in [1.165, 1.54) is 26.3 Å². The Morgan fingerprint density at radius 1 is 0.935 bits per heavy atom. The summed E-state index contributed by atoms with van der Waals surface area (Å²) in [5, 5.41) is 4.60. The van der Waals surface area contributed by atoms with E-state index >= 15 is 0 Å². The second-order valence-corrected chi connectivity index (χ2v) is 9.96. The number of rotatable bonds is 6. The molecule has 0 aromatic heterocycles. The first-order valence-electron chi connectivity index (χ1n) is 10.5. The number of benzene rings is 3. The second kappa shape index (κ2) is 9.08. The molecule has 1 N–H and O–H groups in total. The monoisotopic (exact) mass is 437 g/mol. The number of fused-ring (bicyclic) bond motifs is 1. The fourth-order valence-corrected chi connectivity index (χ4v) is 5.07. The molecule has 3 aromatic carbocycles. The van der Waals surface area contributed by atoms with Gasteiger partial charge in [0.25, 0.3) is 0 Å². The lowest BCUT2D eigenvalue weighted by molar-refractivity contribution is -0.116. The number of likely N-dealkylation sites (N-methyl/N-ethyl adjacent to an activating group) is 1. The zero-order chi connectivity index (χ0) is 21.8. The van der Waals surface area contributed by atoms with Gasteiger partial charge in [0.2, 0.25) is 15.9 Å². The van der Waals surface area contributed by atoms with Gasteiger partial charge in [0.05, 0.1) is 11.4 Å². The van der Waals surface area contributed by atoms with Crippen LogP contribution < -0.4 is 10.2 Å². The molecule has 1 saturated heterocycles. The molecule has 6 nitrogen and oxygen atoms in total. The van der Waals surface area contributed by atoms with Gasteiger partial charge in [-0.25, -0.2) is 8.42 Å². The van der Waals surface area contributed by atoms with Gasteiger partial charge in [-0.15, -0.1) is 0 Å². The van der Waals surface area contributed by atoms with Gasteiger partial charge in [0.15, 0.2) is 0 Å². The van der Waals surface area contributed by atoms with Crippen LogP contribution in [0.3, 0.4) is 0 Å². The summed E-state index contributed by atoms with van der Waals surface area (Å²) >= 11 is 0. The molecule has 1 aliphatic rings. The normalized spacial score (nSPS) is 14.7. The van der Waals surface area contributed by atoms with Crippen molar-refractivity contribution < 1.29 is 13.2 Å². The maximum atomic E-state index is 12.9. The van der Waals surface area contributed by atoms with Gasteiger partial charge in [-0.2, -0.15) is 4.31 Å². The number of amides is 1. The fraction of sp³-hybridized carbons (Fsp3) is 0.292. The number of piperidine rings is 1. The molecular formula is C24H27N3O3S. The lowest BCUT2D eigenvalue weighted by Crippen LogP contribution is -2.35. The Balaban J connectivity index is 1.40. The van der Waals surface area contributed by atoms with E-state index in [1.54, 1.807) is 18.2 Å². The Bertz CT molecular complexity index is 1170. The van der Waals surface area contributed by atoms with E-state index in [4.69, 9.17) is 0 Å². The van der Waals surface area contributed by atoms with Gasteiger partial charge < -0.3 is 10.2 Å². The third kappa shape index (κ3) is 4.89. The van der Waals surface area contributed by atoms with E-state index in [-0.39, 0.29) is 17.3 Å². The van der Waals surface area contributed by atoms with Gasteiger partial charge in [-0.05, 0) is 66.4 Å². The van der Waals surface area contributed by atoms with Crippen LogP contribution in [0.4, 0.5) is 11.4 Å². The Morgan fingerprint density at radius 2 is 1.61 bits per heavy atom. The molecule has 31 heavy (non-hydrogen) atoms. The van der Waals surface area contributed by atoms with Crippen molar-refractivity contribution >= 4 is 38.1 Å². The first-order chi connectivity index (χ1) is 14.9. The number of hydrogen-bond donors (Lipinski definition) is 1. The molecule has 0 saturated carbocycles. The summed E-state index contributed by atoms with van der Waals surface area (Å²) in [7, 11) is -2.35. The summed E-state index contributed by atoms with van der Waals surface area (Å²) in [4.78, 5) is 15.0. The SMILES string of the molecule is CN(CC(=O)Nc1ccc(N2CCCCC2)cc1)S(=O)(=O)c1ccc2ccccc2c1. The predicted octanol–water partition coefficient (Wildman–Crippen LogP) is 4.09. The standard InChI is InChI=1S/C24H27N3O3S/c1-26(31(29,30)23-14-9-19-7-3-4-8-20(19)17-23)18-24(28)25-21-10-12-22(13-11-21)27-15-5-2-6-16-27/h3-4,7-14,17H,2,5-6,15-16,18H2,1H3,(H,25,28). The zero-order valence-corrected chi connectivity index (χ0v) is 18.4. The first-order valence-corrected chi connectivity index (χ1v) is 12.0. The Morgan fingerprint density at radius 3 is 2.32 bits per heavy atom. The summed E-state index contributed by atoms with van der Waals surface area (Å²) in [6.45, 7) is 1.86. The van der Waals surface area contributed by atoms with Gasteiger partial charge in [0, 0.05) is 31.5 Å². The Hall–Kier alpha value is -2.90. The first kappa shape index (κ1) is 21.3. The van der Waals surface area contributed by atoms with E-state index in [1.807, 2.05) is 48.5 Å². The third-order valence-electron chi connectivity index (χ3n) is 5.67. The highest BCUT2D eigenvalue weighted by Crippen LogP contribution is 2.23. The summed E-state index contributed by atoms with van der Waals surface area (Å²) in [5.41, 5.74) is 1.80. The molecule has 0 atom stereocenters. The molecule has 1 aliphatic heterocycles. The molecule has 1 fully saturated rings. The van der Waals surface area contributed by atoms with Crippen LogP contribution in [0.25, 0.3) is 10.8 Å². The zero-order valence-electron chi connectivity index (χ0n) is 17.6. The quantitative estimate of drug-likeness (QED) is 0.631. The predicted molar refractivity (Wildman–Crippen MR) is 125 cm³/mol. The minimum Gasteiger partial charge on any atom is -0.372 e. The van der Waals surface area contributed by atoms with Gasteiger partial charge in [-0.3, -0.25) is 4.79 Å². The van der Waals surface area contributed by atoms with E-state index in [2.05, 4.69) is 10.2 Å². The van der Waals surface area contributed by atoms with Crippen molar-refractivity contribution in [1.29, 1.82) is 0 Å². The van der Waals surface area contributed by atoms with E-state index in [0.29, 0.717) is 5.69 Å². The van der Waals surface area contributed by atoms with Crippen molar-refractivity contribution in [2.75, 3.05) is 36.9 Å². The molecule has 3 aromatic rings. The largest absolute Gasteiger partial charge is 0.372 e. The topological polar surface area (TPSA) is 69.7 Å². The van der Waals surface area contributed by atoms with Crippen molar-refractivity contribution in [3.8, 4) is 0 Å². The maximum absolute atomic E-state index is 12.9. The number of nitrogens with one attached hydrogen (secondary N) is 1. The molecule has 0 bridgehead atoms. The fourth-order valence-electron chi connectivity index (χ4n) is 3.90. The van der Waals surface area contributed by atoms with Crippen LogP contribution in [-0.4, -0.2) is 45.3 Å². The summed E-state index contributed by atoms with van der Waals surface area (Å²) in [6.07, 6.45) is 3.69. The van der Waals surface area contributed by atoms with E-state index < -0.39 is 10.0 Å². The molecule has 162 valence electrons. The average Bonchev–Trinajstić information content (AvgIpc) is 2.79. The molecule has 7 heteroatoms. The number of carbonyl (C=O) groups is 1. The lowest BCUT2D eigenvalue weighted by atomic mass is 10.1. The van der Waals surface area contributed by atoms with Crippen molar-refractivity contribution in [3.05, 3.63) is 66.7 Å². The highest BCUT2D eigenvalue weighted by atomic mass is 32.2. The molecule has 0 radical (unpaired) electrons. The number of sulfonamides is 1. The molecule has 0 spiro atoms. The molecule has 1 amide bonds. The van der Waals surface area contributed by atoms with Crippen molar-refractivity contribution in [3.63, 3.8) is 0 Å². The minimum atomic E-state index is -3.77. The van der Waals surface area contributed by atoms with Gasteiger partial charge >= 0.3 is 0 Å². The van der Waals surface area contributed by atoms with Crippen molar-refractivity contribution in [2.24, 2.45) is 0 Å². The van der Waals surface area contributed by atoms with E-state index in [0.717, 1.165) is 33.9 Å². The van der Waals surface area contributed by atoms with Crippen molar-refractivity contribution in [1.82, 2.24) is 4.31 Å². The van der Waals surface area contributed by atoms with Crippen molar-refractivity contribution in [2.45, 2.75) is 24.2 Å². The number of carbonyl (C=O) groups excluding carboxylic acids is 1. The lowest BCUT2D eigenvalue weighted by Gasteiger charge is -2.28. The average molecular weight is 438 g/mol. The maximum Gasteiger partial charge on any atom is 0.243 e. The summed E-state index contributed by atoms with van der Waals surface area (Å²) in [5.74, 6) is -0.377. The van der Waals surface area contributed by atoms with Gasteiger partial charge in [0.1, 0.15) is 0 Å². The van der Waals surface area contributed by atoms with Crippen LogP contribution in [0.5, 0.6) is 0 Å². The smallest absolute Gasteiger partial charge is 0.243 e. The summed E-state index contributed by atoms with van der Waals surface area (Å²) < 4.78 is 26.9. The number of anilines is 2. The van der Waals surface area contributed by atoms with Crippen LogP contribution in [-0.2, 0) is 14.8 Å². The summed E-state index contributed by atoms with van der Waals surface area (Å²) in [6, 6.07) is 20.3. The molecule has 4 rings (SSSR count). The van der Waals surface area contributed by atoms with Crippen LogP contribution >= 0.6 is 0 Å². The molecular weight excluding hydrogens is 410 g/mol. The van der Waals surface area contributed by atoms with Crippen LogP contribution in [0, 0.1) is 0 Å². The Labute approximate surface area is 183 Å². The minimum absolute atomic E-state index is 0.174. The Kier molecular flexibility index (Phi) is 6.25. The number of nitrogens with zero attached hydrogens (tertiary/aromatic N) is 2. The van der Waals surface area contributed by atoms with Crippen LogP contribution in [0.15, 0.2) is 71.6 Å². The highest BCUT2D eigenvalue weighted by Gasteiger charge is 2.23. The molecule has 0 unspecified atom stereocenters. The van der Waals surface area contributed by atoms with Crippen LogP contribution in [0.2, 0.25) is 0 Å². The van der Waals surface area contributed by atoms with Crippen LogP contribution in [0.1, 0.15) is 19.3 Å². The molecule has 1 heterocycles.